The number of carbonyl (C=O) groups is 1. The average molecular weight is 482 g/mol. The van der Waals surface area contributed by atoms with Crippen molar-refractivity contribution in [1.82, 2.24) is 10.3 Å². The number of ether oxygens (including phenoxy) is 1. The summed E-state index contributed by atoms with van der Waals surface area (Å²) >= 11 is 4.77. The zero-order valence-corrected chi connectivity index (χ0v) is 19.9. The summed E-state index contributed by atoms with van der Waals surface area (Å²) in [4.78, 5) is 22.4. The number of rotatable bonds is 10. The zero-order valence-electron chi connectivity index (χ0n) is 17.5. The predicted octanol–water partition coefficient (Wildman–Crippen LogP) is 5.07. The maximum atomic E-state index is 12.8. The molecule has 0 radical (unpaired) electrons. The number of oxime groups is 1. The SMILES string of the molecule is CCCCON=CC(C)(C)NC(=O)C(Oc1cc(C)c2ncc(Br)cc2c1)SC. The first-order chi connectivity index (χ1) is 13.8. The molecule has 0 aliphatic rings. The molecule has 0 spiro atoms. The Morgan fingerprint density at radius 2 is 2.17 bits per heavy atom. The van der Waals surface area contributed by atoms with Gasteiger partial charge in [-0.2, -0.15) is 0 Å². The third kappa shape index (κ3) is 7.19. The van der Waals surface area contributed by atoms with Crippen LogP contribution in [0.4, 0.5) is 0 Å². The van der Waals surface area contributed by atoms with Crippen molar-refractivity contribution >= 4 is 50.7 Å². The number of halogens is 1. The van der Waals surface area contributed by atoms with Gasteiger partial charge in [0.25, 0.3) is 5.91 Å². The average Bonchev–Trinajstić information content (AvgIpc) is 2.65. The fourth-order valence-electron chi connectivity index (χ4n) is 2.61. The summed E-state index contributed by atoms with van der Waals surface area (Å²) in [6, 6.07) is 5.77. The molecule has 1 atom stereocenters. The molecule has 1 unspecified atom stereocenters. The number of nitrogens with one attached hydrogen (secondary N) is 1. The van der Waals surface area contributed by atoms with Crippen LogP contribution in [0.25, 0.3) is 10.9 Å². The van der Waals surface area contributed by atoms with E-state index in [1.165, 1.54) is 11.8 Å². The molecule has 0 saturated carbocycles. The molecule has 1 aromatic heterocycles. The Labute approximate surface area is 184 Å². The number of hydrogen-bond acceptors (Lipinski definition) is 6. The first kappa shape index (κ1) is 23.5. The highest BCUT2D eigenvalue weighted by atomic mass is 79.9. The monoisotopic (exact) mass is 481 g/mol. The Morgan fingerprint density at radius 3 is 2.86 bits per heavy atom. The van der Waals surface area contributed by atoms with E-state index in [4.69, 9.17) is 9.57 Å². The normalized spacial score (nSPS) is 12.9. The molecule has 1 N–H and O–H groups in total. The number of thioether (sulfide) groups is 1. The molecule has 0 bridgehead atoms. The number of benzene rings is 1. The van der Waals surface area contributed by atoms with E-state index in [-0.39, 0.29) is 5.91 Å². The molecule has 1 aromatic carbocycles. The summed E-state index contributed by atoms with van der Waals surface area (Å²) in [5, 5.41) is 7.85. The van der Waals surface area contributed by atoms with Gasteiger partial charge in [0.2, 0.25) is 5.44 Å². The number of nitrogens with zero attached hydrogens (tertiary/aromatic N) is 2. The van der Waals surface area contributed by atoms with Crippen LogP contribution in [-0.2, 0) is 9.63 Å². The van der Waals surface area contributed by atoms with Crippen molar-refractivity contribution < 1.29 is 14.4 Å². The minimum Gasteiger partial charge on any atom is -0.470 e. The molecule has 1 heterocycles. The Morgan fingerprint density at radius 1 is 1.41 bits per heavy atom. The van der Waals surface area contributed by atoms with Gasteiger partial charge < -0.3 is 14.9 Å². The van der Waals surface area contributed by atoms with Crippen molar-refractivity contribution in [3.8, 4) is 5.75 Å². The lowest BCUT2D eigenvalue weighted by Crippen LogP contribution is -2.49. The van der Waals surface area contributed by atoms with E-state index in [0.29, 0.717) is 12.4 Å². The molecule has 6 nitrogen and oxygen atoms in total. The van der Waals surface area contributed by atoms with E-state index in [1.807, 2.05) is 45.2 Å². The molecule has 0 aliphatic carbocycles. The lowest BCUT2D eigenvalue weighted by molar-refractivity contribution is -0.125. The van der Waals surface area contributed by atoms with Gasteiger partial charge in [0.05, 0.1) is 17.3 Å². The van der Waals surface area contributed by atoms with Crippen LogP contribution in [0, 0.1) is 6.92 Å². The van der Waals surface area contributed by atoms with Gasteiger partial charge in [-0.3, -0.25) is 9.78 Å². The van der Waals surface area contributed by atoms with E-state index < -0.39 is 11.0 Å². The molecule has 29 heavy (non-hydrogen) atoms. The minimum absolute atomic E-state index is 0.229. The zero-order chi connectivity index (χ0) is 21.4. The molecule has 8 heteroatoms. The van der Waals surface area contributed by atoms with Gasteiger partial charge in [-0.05, 0) is 73.1 Å². The summed E-state index contributed by atoms with van der Waals surface area (Å²) in [6.07, 6.45) is 7.20. The lowest BCUT2D eigenvalue weighted by atomic mass is 10.1. The van der Waals surface area contributed by atoms with Gasteiger partial charge >= 0.3 is 0 Å². The van der Waals surface area contributed by atoms with E-state index >= 15 is 0 Å². The Bertz CT molecular complexity index is 874. The fraction of sp³-hybridized carbons (Fsp3) is 0.476. The lowest BCUT2D eigenvalue weighted by Gasteiger charge is -2.25. The number of pyridine rings is 1. The van der Waals surface area contributed by atoms with Crippen LogP contribution in [0.3, 0.4) is 0 Å². The minimum atomic E-state index is -0.694. The molecule has 1 amide bonds. The van der Waals surface area contributed by atoms with Crippen LogP contribution >= 0.6 is 27.7 Å². The maximum Gasteiger partial charge on any atom is 0.272 e. The predicted molar refractivity (Wildman–Crippen MR) is 124 cm³/mol. The highest BCUT2D eigenvalue weighted by Gasteiger charge is 2.26. The van der Waals surface area contributed by atoms with Crippen molar-refractivity contribution in [1.29, 1.82) is 0 Å². The fourth-order valence-corrected chi connectivity index (χ4v) is 3.44. The molecular weight excluding hydrogens is 454 g/mol. The quantitative estimate of drug-likeness (QED) is 0.222. The summed E-state index contributed by atoms with van der Waals surface area (Å²) in [5.74, 6) is 0.395. The van der Waals surface area contributed by atoms with Crippen molar-refractivity contribution in [3.63, 3.8) is 0 Å². The first-order valence-electron chi connectivity index (χ1n) is 9.49. The first-order valence-corrected chi connectivity index (χ1v) is 11.6. The molecule has 0 saturated heterocycles. The van der Waals surface area contributed by atoms with Gasteiger partial charge in [0, 0.05) is 16.1 Å². The number of hydrogen-bond donors (Lipinski definition) is 1. The summed E-state index contributed by atoms with van der Waals surface area (Å²) in [5.41, 5.74) is 0.545. The standard InChI is InChI=1S/C21H28BrN3O3S/c1-6-7-8-27-24-13-21(3,4)25-19(26)20(29-5)28-17-9-14(2)18-15(11-17)10-16(22)12-23-18/h9-13,20H,6-8H2,1-5H3,(H,25,26). The number of fused-ring (bicyclic) bond motifs is 1. The highest BCUT2D eigenvalue weighted by Crippen LogP contribution is 2.27. The van der Waals surface area contributed by atoms with Crippen LogP contribution in [0.15, 0.2) is 34.0 Å². The molecule has 2 aromatic rings. The van der Waals surface area contributed by atoms with Gasteiger partial charge in [-0.15, -0.1) is 11.8 Å². The second-order valence-corrected chi connectivity index (χ2v) is 9.10. The van der Waals surface area contributed by atoms with Gasteiger partial charge in [0.1, 0.15) is 12.4 Å². The molecule has 0 aliphatic heterocycles. The molecular formula is C21H28BrN3O3S. The van der Waals surface area contributed by atoms with Crippen LogP contribution in [-0.4, -0.2) is 40.9 Å². The number of unbranched alkanes of at least 4 members (excludes halogenated alkanes) is 1. The second kappa shape index (κ2) is 10.8. The number of carbonyl (C=O) groups excluding carboxylic acids is 1. The van der Waals surface area contributed by atoms with Crippen LogP contribution in [0.5, 0.6) is 5.75 Å². The summed E-state index contributed by atoms with van der Waals surface area (Å²) in [7, 11) is 0. The van der Waals surface area contributed by atoms with Crippen LogP contribution < -0.4 is 10.1 Å². The number of aromatic nitrogens is 1. The summed E-state index contributed by atoms with van der Waals surface area (Å²) < 4.78 is 6.88. The topological polar surface area (TPSA) is 72.8 Å². The van der Waals surface area contributed by atoms with Crippen molar-refractivity contribution in [2.45, 2.75) is 51.5 Å². The molecule has 0 fully saturated rings. The van der Waals surface area contributed by atoms with Gasteiger partial charge in [-0.1, -0.05) is 18.5 Å². The molecule has 158 valence electrons. The largest absolute Gasteiger partial charge is 0.470 e. The Hall–Kier alpha value is -1.80. The Balaban J connectivity index is 2.07. The van der Waals surface area contributed by atoms with Crippen LogP contribution in [0.1, 0.15) is 39.2 Å². The van der Waals surface area contributed by atoms with E-state index in [0.717, 1.165) is 33.8 Å². The smallest absolute Gasteiger partial charge is 0.272 e. The molecule has 2 rings (SSSR count). The maximum absolute atomic E-state index is 12.8. The van der Waals surface area contributed by atoms with Crippen molar-refractivity contribution in [2.24, 2.45) is 5.16 Å². The van der Waals surface area contributed by atoms with Crippen molar-refractivity contribution in [3.05, 3.63) is 34.4 Å². The van der Waals surface area contributed by atoms with E-state index in [9.17, 15) is 4.79 Å². The van der Waals surface area contributed by atoms with Gasteiger partial charge in [-0.25, -0.2) is 0 Å². The Kier molecular flexibility index (Phi) is 8.77. The highest BCUT2D eigenvalue weighted by molar-refractivity contribution is 9.10. The van der Waals surface area contributed by atoms with Crippen molar-refractivity contribution in [2.75, 3.05) is 12.9 Å². The second-order valence-electron chi connectivity index (χ2n) is 7.28. The number of amides is 1. The van der Waals surface area contributed by atoms with E-state index in [2.05, 4.69) is 38.3 Å². The third-order valence-corrected chi connectivity index (χ3v) is 5.24. The van der Waals surface area contributed by atoms with Gasteiger partial charge in [0.15, 0.2) is 0 Å². The number of aryl methyl sites for hydroxylation is 1. The van der Waals surface area contributed by atoms with Crippen LogP contribution in [0.2, 0.25) is 0 Å². The van der Waals surface area contributed by atoms with E-state index in [1.54, 1.807) is 12.4 Å². The third-order valence-electron chi connectivity index (χ3n) is 4.07. The summed E-state index contributed by atoms with van der Waals surface area (Å²) in [6.45, 7) is 8.35.